The lowest BCUT2D eigenvalue weighted by Gasteiger charge is -2.15. The van der Waals surface area contributed by atoms with Gasteiger partial charge in [0.05, 0.1) is 12.0 Å². The summed E-state index contributed by atoms with van der Waals surface area (Å²) in [6.07, 6.45) is 0.0642. The fourth-order valence-electron chi connectivity index (χ4n) is 2.60. The van der Waals surface area contributed by atoms with Crippen molar-refractivity contribution < 1.29 is 23.1 Å². The number of benzene rings is 2. The molecular weight excluding hydrogens is 374 g/mol. The van der Waals surface area contributed by atoms with E-state index in [2.05, 4.69) is 4.72 Å². The maximum Gasteiger partial charge on any atom is 0.322 e. The summed E-state index contributed by atoms with van der Waals surface area (Å²) >= 11 is 1.50. The summed E-state index contributed by atoms with van der Waals surface area (Å²) in [7, 11) is -2.49. The number of carboxylic acid groups (broad SMARTS) is 1. The molecule has 1 heterocycles. The van der Waals surface area contributed by atoms with Crippen molar-refractivity contribution in [2.24, 2.45) is 0 Å². The minimum atomic E-state index is -3.97. The molecule has 0 fully saturated rings. The maximum atomic E-state index is 12.5. The van der Waals surface area contributed by atoms with Crippen LogP contribution in [0.25, 0.3) is 10.1 Å². The van der Waals surface area contributed by atoms with Crippen LogP contribution in [0.3, 0.4) is 0 Å². The third-order valence-corrected chi connectivity index (χ3v) is 6.45. The van der Waals surface area contributed by atoms with Crippen LogP contribution >= 0.6 is 11.3 Å². The van der Waals surface area contributed by atoms with Crippen molar-refractivity contribution in [3.63, 3.8) is 0 Å². The van der Waals surface area contributed by atoms with E-state index in [1.807, 2.05) is 29.6 Å². The molecule has 8 heteroatoms. The van der Waals surface area contributed by atoms with Gasteiger partial charge in [0.2, 0.25) is 10.0 Å². The van der Waals surface area contributed by atoms with E-state index < -0.39 is 22.0 Å². The summed E-state index contributed by atoms with van der Waals surface area (Å²) in [5.41, 5.74) is 0.801. The van der Waals surface area contributed by atoms with Crippen molar-refractivity contribution in [1.29, 1.82) is 0 Å². The number of methoxy groups -OCH3 is 1. The highest BCUT2D eigenvalue weighted by Gasteiger charge is 2.26. The van der Waals surface area contributed by atoms with Crippen LogP contribution in [-0.2, 0) is 21.2 Å². The first kappa shape index (κ1) is 18.4. The largest absolute Gasteiger partial charge is 0.497 e. The van der Waals surface area contributed by atoms with Gasteiger partial charge in [-0.2, -0.15) is 4.72 Å². The molecule has 26 heavy (non-hydrogen) atoms. The average molecular weight is 391 g/mol. The first-order chi connectivity index (χ1) is 12.4. The highest BCUT2D eigenvalue weighted by atomic mass is 32.2. The zero-order valence-electron chi connectivity index (χ0n) is 13.9. The molecule has 2 aromatic carbocycles. The van der Waals surface area contributed by atoms with Gasteiger partial charge in [0.25, 0.3) is 0 Å². The lowest BCUT2D eigenvalue weighted by molar-refractivity contribution is -0.138. The van der Waals surface area contributed by atoms with E-state index in [-0.39, 0.29) is 11.3 Å². The molecule has 0 amide bonds. The second-order valence-electron chi connectivity index (χ2n) is 5.65. The normalized spacial score (nSPS) is 12.8. The van der Waals surface area contributed by atoms with Crippen LogP contribution in [0.15, 0.2) is 58.8 Å². The van der Waals surface area contributed by atoms with Crippen molar-refractivity contribution in [2.45, 2.75) is 17.4 Å². The number of nitrogens with one attached hydrogen (secondary N) is 1. The molecule has 136 valence electrons. The number of carbonyl (C=O) groups is 1. The zero-order valence-corrected chi connectivity index (χ0v) is 15.5. The van der Waals surface area contributed by atoms with Gasteiger partial charge < -0.3 is 9.84 Å². The van der Waals surface area contributed by atoms with Gasteiger partial charge >= 0.3 is 5.97 Å². The molecule has 1 atom stereocenters. The predicted octanol–water partition coefficient (Wildman–Crippen LogP) is 2.88. The Hall–Kier alpha value is -2.42. The van der Waals surface area contributed by atoms with Crippen LogP contribution in [-0.4, -0.2) is 32.6 Å². The molecule has 0 saturated heterocycles. The standard InChI is InChI=1S/C18H17NO5S2/c1-24-13-6-8-14(9-7-13)26(22,23)19-16(18(20)21)10-12-11-25-17-5-3-2-4-15(12)17/h2-9,11,16,19H,10H2,1H3,(H,20,21). The number of ether oxygens (including phenoxy) is 1. The predicted molar refractivity (Wildman–Crippen MR) is 100 cm³/mol. The molecule has 3 rings (SSSR count). The van der Waals surface area contributed by atoms with E-state index in [0.717, 1.165) is 15.6 Å². The van der Waals surface area contributed by atoms with E-state index in [1.54, 1.807) is 0 Å². The molecular formula is C18H17NO5S2. The Morgan fingerprint density at radius 1 is 1.19 bits per heavy atom. The van der Waals surface area contributed by atoms with Gasteiger partial charge in [0, 0.05) is 11.1 Å². The summed E-state index contributed by atoms with van der Waals surface area (Å²) in [5.74, 6) is -0.708. The fraction of sp³-hybridized carbons (Fsp3) is 0.167. The molecule has 0 radical (unpaired) electrons. The average Bonchev–Trinajstić information content (AvgIpc) is 3.04. The Labute approximate surface area is 155 Å². The van der Waals surface area contributed by atoms with Crippen molar-refractivity contribution in [1.82, 2.24) is 4.72 Å². The second kappa shape index (κ2) is 7.45. The van der Waals surface area contributed by atoms with Crippen LogP contribution in [0.2, 0.25) is 0 Å². The molecule has 0 aliphatic carbocycles. The number of hydrogen-bond donors (Lipinski definition) is 2. The van der Waals surface area contributed by atoms with Crippen LogP contribution in [0.4, 0.5) is 0 Å². The number of thiophene rings is 1. The number of carboxylic acids is 1. The topological polar surface area (TPSA) is 92.7 Å². The van der Waals surface area contributed by atoms with E-state index in [1.165, 1.54) is 42.7 Å². The Kier molecular flexibility index (Phi) is 5.26. The lowest BCUT2D eigenvalue weighted by Crippen LogP contribution is -2.42. The molecule has 0 bridgehead atoms. The quantitative estimate of drug-likeness (QED) is 0.646. The zero-order chi connectivity index (χ0) is 18.7. The summed E-state index contributed by atoms with van der Waals surface area (Å²) < 4.78 is 33.4. The van der Waals surface area contributed by atoms with Crippen LogP contribution in [0.5, 0.6) is 5.75 Å². The van der Waals surface area contributed by atoms with E-state index >= 15 is 0 Å². The smallest absolute Gasteiger partial charge is 0.322 e. The fourth-order valence-corrected chi connectivity index (χ4v) is 4.77. The highest BCUT2D eigenvalue weighted by molar-refractivity contribution is 7.89. The van der Waals surface area contributed by atoms with Gasteiger partial charge in [-0.25, -0.2) is 8.42 Å². The van der Waals surface area contributed by atoms with Gasteiger partial charge in [-0.3, -0.25) is 4.79 Å². The highest BCUT2D eigenvalue weighted by Crippen LogP contribution is 2.27. The molecule has 2 N–H and O–H groups in total. The Morgan fingerprint density at radius 2 is 1.88 bits per heavy atom. The first-order valence-corrected chi connectivity index (χ1v) is 10.1. The monoisotopic (exact) mass is 391 g/mol. The van der Waals surface area contributed by atoms with Crippen molar-refractivity contribution in [3.8, 4) is 5.75 Å². The van der Waals surface area contributed by atoms with Crippen LogP contribution < -0.4 is 9.46 Å². The molecule has 0 aliphatic rings. The molecule has 0 saturated carbocycles. The van der Waals surface area contributed by atoms with Crippen molar-refractivity contribution in [2.75, 3.05) is 7.11 Å². The number of rotatable bonds is 7. The Bertz CT molecular complexity index is 1030. The van der Waals surface area contributed by atoms with Gasteiger partial charge in [0.1, 0.15) is 11.8 Å². The number of sulfonamides is 1. The van der Waals surface area contributed by atoms with Gasteiger partial charge in [0.15, 0.2) is 0 Å². The third kappa shape index (κ3) is 3.87. The maximum absolute atomic E-state index is 12.5. The lowest BCUT2D eigenvalue weighted by atomic mass is 10.1. The molecule has 6 nitrogen and oxygen atoms in total. The number of hydrogen-bond acceptors (Lipinski definition) is 5. The molecule has 0 spiro atoms. The number of aliphatic carboxylic acids is 1. The molecule has 1 unspecified atom stereocenters. The summed E-state index contributed by atoms with van der Waals surface area (Å²) in [6.45, 7) is 0. The van der Waals surface area contributed by atoms with Crippen LogP contribution in [0.1, 0.15) is 5.56 Å². The van der Waals surface area contributed by atoms with E-state index in [4.69, 9.17) is 4.74 Å². The van der Waals surface area contributed by atoms with E-state index in [0.29, 0.717) is 5.75 Å². The van der Waals surface area contributed by atoms with Crippen molar-refractivity contribution in [3.05, 3.63) is 59.5 Å². The minimum absolute atomic E-state index is 0.0141. The summed E-state index contributed by atoms with van der Waals surface area (Å²) in [6, 6.07) is 12.1. The SMILES string of the molecule is COc1ccc(S(=O)(=O)NC(Cc2csc3ccccc23)C(=O)O)cc1. The second-order valence-corrected chi connectivity index (χ2v) is 8.27. The summed E-state index contributed by atoms with van der Waals surface area (Å²) in [4.78, 5) is 11.6. The molecule has 0 aliphatic heterocycles. The minimum Gasteiger partial charge on any atom is -0.497 e. The van der Waals surface area contributed by atoms with Gasteiger partial charge in [-0.15, -0.1) is 11.3 Å². The molecule has 3 aromatic rings. The Morgan fingerprint density at radius 3 is 2.54 bits per heavy atom. The van der Waals surface area contributed by atoms with Crippen LogP contribution in [0, 0.1) is 0 Å². The Balaban J connectivity index is 1.84. The van der Waals surface area contributed by atoms with E-state index in [9.17, 15) is 18.3 Å². The van der Waals surface area contributed by atoms with Crippen molar-refractivity contribution >= 4 is 37.4 Å². The first-order valence-electron chi connectivity index (χ1n) is 7.75. The summed E-state index contributed by atoms with van der Waals surface area (Å²) in [5, 5.41) is 12.3. The number of fused-ring (bicyclic) bond motifs is 1. The molecule has 1 aromatic heterocycles. The van der Waals surface area contributed by atoms with Gasteiger partial charge in [-0.05, 0) is 46.7 Å². The van der Waals surface area contributed by atoms with Gasteiger partial charge in [-0.1, -0.05) is 18.2 Å². The third-order valence-electron chi connectivity index (χ3n) is 3.95.